The molecule has 0 saturated carbocycles. The van der Waals surface area contributed by atoms with Crippen LogP contribution in [0.25, 0.3) is 0 Å². The molecule has 2 aromatic rings. The number of nitrogens with one attached hydrogen (secondary N) is 2. The molecule has 0 bridgehead atoms. The summed E-state index contributed by atoms with van der Waals surface area (Å²) < 4.78 is 10.6. The van der Waals surface area contributed by atoms with Crippen LogP contribution in [-0.4, -0.2) is 40.3 Å². The van der Waals surface area contributed by atoms with Gasteiger partial charge in [-0.25, -0.2) is 0 Å². The molecular weight excluding hydrogens is 334 g/mol. The van der Waals surface area contributed by atoms with Gasteiger partial charge in [-0.15, -0.1) is 11.3 Å². The maximum Gasteiger partial charge on any atom is 0.190 e. The molecule has 0 spiro atoms. The van der Waals surface area contributed by atoms with Crippen molar-refractivity contribution in [3.63, 3.8) is 0 Å². The average Bonchev–Trinajstić information content (AvgIpc) is 3.16. The fourth-order valence-corrected chi connectivity index (χ4v) is 3.22. The first-order valence-corrected chi connectivity index (χ1v) is 9.32. The number of thiophene rings is 1. The van der Waals surface area contributed by atoms with E-state index < -0.39 is 0 Å². The summed E-state index contributed by atoms with van der Waals surface area (Å²) in [6, 6.07) is 10.3. The highest BCUT2D eigenvalue weighted by molar-refractivity contribution is 7.09. The van der Waals surface area contributed by atoms with Crippen molar-refractivity contribution in [3.8, 4) is 11.5 Å². The monoisotopic (exact) mass is 361 g/mol. The Balaban J connectivity index is 1.68. The summed E-state index contributed by atoms with van der Waals surface area (Å²) in [6.07, 6.45) is 3.00. The molecular formula is C19H27N3O2S. The van der Waals surface area contributed by atoms with E-state index in [2.05, 4.69) is 39.2 Å². The molecule has 0 aliphatic rings. The minimum absolute atomic E-state index is 0.764. The highest BCUT2D eigenvalue weighted by Gasteiger charge is 2.04. The van der Waals surface area contributed by atoms with Crippen molar-refractivity contribution in [2.45, 2.75) is 19.3 Å². The lowest BCUT2D eigenvalue weighted by atomic mass is 10.1. The third kappa shape index (κ3) is 6.31. The van der Waals surface area contributed by atoms with E-state index in [1.807, 2.05) is 12.1 Å². The number of hydrogen-bond donors (Lipinski definition) is 2. The first-order valence-electron chi connectivity index (χ1n) is 8.44. The summed E-state index contributed by atoms with van der Waals surface area (Å²) in [4.78, 5) is 5.65. The molecule has 0 aliphatic carbocycles. The van der Waals surface area contributed by atoms with Crippen LogP contribution in [0.3, 0.4) is 0 Å². The second-order valence-electron chi connectivity index (χ2n) is 5.55. The number of nitrogens with zero attached hydrogens (tertiary/aromatic N) is 1. The topological polar surface area (TPSA) is 54.9 Å². The summed E-state index contributed by atoms with van der Waals surface area (Å²) >= 11 is 1.79. The molecule has 6 heteroatoms. The zero-order chi connectivity index (χ0) is 17.9. The van der Waals surface area contributed by atoms with Crippen LogP contribution in [0.15, 0.2) is 40.7 Å². The predicted molar refractivity (Wildman–Crippen MR) is 105 cm³/mol. The third-order valence-corrected chi connectivity index (χ3v) is 4.79. The number of aryl methyl sites for hydroxylation is 1. The van der Waals surface area contributed by atoms with Gasteiger partial charge in [0.2, 0.25) is 0 Å². The second-order valence-corrected chi connectivity index (χ2v) is 6.58. The smallest absolute Gasteiger partial charge is 0.190 e. The lowest BCUT2D eigenvalue weighted by molar-refractivity contribution is 0.354. The molecule has 136 valence electrons. The molecule has 2 N–H and O–H groups in total. The Morgan fingerprint density at radius 1 is 1.04 bits per heavy atom. The Morgan fingerprint density at radius 3 is 2.52 bits per heavy atom. The number of ether oxygens (including phenoxy) is 2. The van der Waals surface area contributed by atoms with Gasteiger partial charge >= 0.3 is 0 Å². The number of methoxy groups -OCH3 is 2. The fourth-order valence-electron chi connectivity index (χ4n) is 2.51. The number of guanidine groups is 1. The van der Waals surface area contributed by atoms with Crippen LogP contribution in [0.5, 0.6) is 11.5 Å². The van der Waals surface area contributed by atoms with Crippen LogP contribution in [0.1, 0.15) is 16.9 Å². The van der Waals surface area contributed by atoms with Gasteiger partial charge in [-0.3, -0.25) is 4.99 Å². The van der Waals surface area contributed by atoms with Gasteiger partial charge < -0.3 is 20.1 Å². The largest absolute Gasteiger partial charge is 0.493 e. The summed E-state index contributed by atoms with van der Waals surface area (Å²) in [5.74, 6) is 2.39. The van der Waals surface area contributed by atoms with E-state index in [1.165, 1.54) is 10.4 Å². The van der Waals surface area contributed by atoms with Gasteiger partial charge in [-0.05, 0) is 48.4 Å². The first-order chi connectivity index (χ1) is 12.3. The van der Waals surface area contributed by atoms with Gasteiger partial charge in [-0.2, -0.15) is 0 Å². The summed E-state index contributed by atoms with van der Waals surface area (Å²) in [7, 11) is 5.11. The molecule has 0 fully saturated rings. The van der Waals surface area contributed by atoms with Crippen LogP contribution < -0.4 is 20.1 Å². The van der Waals surface area contributed by atoms with Gasteiger partial charge in [0, 0.05) is 25.0 Å². The summed E-state index contributed by atoms with van der Waals surface area (Å²) in [6.45, 7) is 1.75. The standard InChI is InChI=1S/C19H27N3O2S/c1-20-19(22-12-10-16-7-5-13-25-16)21-11-4-6-15-8-9-17(23-2)18(14-15)24-3/h5,7-9,13-14H,4,6,10-12H2,1-3H3,(H2,20,21,22). The van der Waals surface area contributed by atoms with E-state index in [9.17, 15) is 0 Å². The van der Waals surface area contributed by atoms with E-state index in [4.69, 9.17) is 9.47 Å². The van der Waals surface area contributed by atoms with Gasteiger partial charge in [0.1, 0.15) is 0 Å². The number of rotatable bonds is 9. The summed E-state index contributed by atoms with van der Waals surface area (Å²) in [5.41, 5.74) is 1.24. The molecule has 0 saturated heterocycles. The molecule has 0 unspecified atom stereocenters. The Morgan fingerprint density at radius 2 is 1.84 bits per heavy atom. The molecule has 25 heavy (non-hydrogen) atoms. The second kappa shape index (κ2) is 10.6. The zero-order valence-corrected chi connectivity index (χ0v) is 16.0. The van der Waals surface area contributed by atoms with Gasteiger partial charge in [-0.1, -0.05) is 12.1 Å². The van der Waals surface area contributed by atoms with Crippen LogP contribution in [0, 0.1) is 0 Å². The molecule has 0 atom stereocenters. The van der Waals surface area contributed by atoms with Crippen molar-refractivity contribution >= 4 is 17.3 Å². The lowest BCUT2D eigenvalue weighted by Crippen LogP contribution is -2.38. The normalized spacial score (nSPS) is 11.2. The van der Waals surface area contributed by atoms with E-state index in [0.717, 1.165) is 49.8 Å². The minimum atomic E-state index is 0.764. The molecule has 2 rings (SSSR count). The van der Waals surface area contributed by atoms with Gasteiger partial charge in [0.15, 0.2) is 17.5 Å². The minimum Gasteiger partial charge on any atom is -0.493 e. The molecule has 1 aromatic heterocycles. The molecule has 5 nitrogen and oxygen atoms in total. The number of hydrogen-bond acceptors (Lipinski definition) is 4. The maximum absolute atomic E-state index is 5.34. The molecule has 0 amide bonds. The van der Waals surface area contributed by atoms with Gasteiger partial charge in [0.25, 0.3) is 0 Å². The van der Waals surface area contributed by atoms with E-state index in [1.54, 1.807) is 32.6 Å². The Kier molecular flexibility index (Phi) is 8.12. The fraction of sp³-hybridized carbons (Fsp3) is 0.421. The quantitative estimate of drug-likeness (QED) is 0.409. The molecule has 1 heterocycles. The van der Waals surface area contributed by atoms with E-state index in [-0.39, 0.29) is 0 Å². The van der Waals surface area contributed by atoms with Crippen LogP contribution in [0.4, 0.5) is 0 Å². The SMILES string of the molecule is CN=C(NCCCc1ccc(OC)c(OC)c1)NCCc1cccs1. The molecule has 0 aliphatic heterocycles. The maximum atomic E-state index is 5.34. The van der Waals surface area contributed by atoms with Crippen LogP contribution in [0.2, 0.25) is 0 Å². The highest BCUT2D eigenvalue weighted by atomic mass is 32.1. The van der Waals surface area contributed by atoms with Crippen molar-refractivity contribution < 1.29 is 9.47 Å². The number of aliphatic imine (C=N–C) groups is 1. The molecule has 0 radical (unpaired) electrons. The van der Waals surface area contributed by atoms with Crippen molar-refractivity contribution in [1.29, 1.82) is 0 Å². The number of benzene rings is 1. The van der Waals surface area contributed by atoms with E-state index >= 15 is 0 Å². The lowest BCUT2D eigenvalue weighted by Gasteiger charge is -2.12. The summed E-state index contributed by atoms with van der Waals surface area (Å²) in [5, 5.41) is 8.81. The van der Waals surface area contributed by atoms with E-state index in [0.29, 0.717) is 0 Å². The predicted octanol–water partition coefficient (Wildman–Crippen LogP) is 3.11. The zero-order valence-electron chi connectivity index (χ0n) is 15.2. The Labute approximate surface area is 154 Å². The third-order valence-electron chi connectivity index (χ3n) is 3.85. The van der Waals surface area contributed by atoms with Crippen molar-refractivity contribution in [1.82, 2.24) is 10.6 Å². The van der Waals surface area contributed by atoms with Gasteiger partial charge in [0.05, 0.1) is 14.2 Å². The Hall–Kier alpha value is -2.21. The van der Waals surface area contributed by atoms with Crippen molar-refractivity contribution in [2.75, 3.05) is 34.4 Å². The molecule has 1 aromatic carbocycles. The van der Waals surface area contributed by atoms with Crippen molar-refractivity contribution in [3.05, 3.63) is 46.2 Å². The first kappa shape index (κ1) is 19.1. The Bertz CT molecular complexity index is 657. The highest BCUT2D eigenvalue weighted by Crippen LogP contribution is 2.27. The van der Waals surface area contributed by atoms with Crippen LogP contribution in [-0.2, 0) is 12.8 Å². The average molecular weight is 362 g/mol. The van der Waals surface area contributed by atoms with Crippen LogP contribution >= 0.6 is 11.3 Å². The van der Waals surface area contributed by atoms with Crippen molar-refractivity contribution in [2.24, 2.45) is 4.99 Å².